The van der Waals surface area contributed by atoms with Crippen molar-refractivity contribution in [3.63, 3.8) is 0 Å². The SMILES string of the molecule is CCC(C)C(NC(=O)C(N)CC(C)C)C(=O)NC(CCC(N)=O)C(=O)NC(CC(N)=O)C(=O)O. The molecule has 0 aromatic rings. The van der Waals surface area contributed by atoms with Crippen LogP contribution in [0.4, 0.5) is 0 Å². The summed E-state index contributed by atoms with van der Waals surface area (Å²) in [6.07, 6.45) is -0.275. The van der Waals surface area contributed by atoms with Crippen LogP contribution in [0.2, 0.25) is 0 Å². The minimum Gasteiger partial charge on any atom is -0.480 e. The normalized spacial score (nSPS) is 15.4. The average molecular weight is 487 g/mol. The quantitative estimate of drug-likeness (QED) is 0.129. The number of nitrogens with two attached hydrogens (primary N) is 3. The lowest BCUT2D eigenvalue weighted by Gasteiger charge is -2.28. The second-order valence-electron chi connectivity index (χ2n) is 8.74. The maximum Gasteiger partial charge on any atom is 0.326 e. The summed E-state index contributed by atoms with van der Waals surface area (Å²) in [5, 5.41) is 16.4. The van der Waals surface area contributed by atoms with Gasteiger partial charge in [0.25, 0.3) is 0 Å². The van der Waals surface area contributed by atoms with Gasteiger partial charge in [-0.15, -0.1) is 0 Å². The maximum absolute atomic E-state index is 13.0. The van der Waals surface area contributed by atoms with Crippen LogP contribution < -0.4 is 33.2 Å². The van der Waals surface area contributed by atoms with Crippen LogP contribution in [0, 0.1) is 11.8 Å². The summed E-state index contributed by atoms with van der Waals surface area (Å²) in [5.41, 5.74) is 16.1. The summed E-state index contributed by atoms with van der Waals surface area (Å²) in [7, 11) is 0. The molecule has 0 rings (SSSR count). The van der Waals surface area contributed by atoms with Crippen molar-refractivity contribution in [2.24, 2.45) is 29.0 Å². The molecule has 10 N–H and O–H groups in total. The lowest BCUT2D eigenvalue weighted by molar-refractivity contribution is -0.144. The van der Waals surface area contributed by atoms with Crippen molar-refractivity contribution < 1.29 is 33.9 Å². The predicted molar refractivity (Wildman–Crippen MR) is 123 cm³/mol. The minimum absolute atomic E-state index is 0.154. The number of amides is 5. The number of aliphatic carboxylic acids is 1. The zero-order chi connectivity index (χ0) is 26.6. The lowest BCUT2D eigenvalue weighted by atomic mass is 9.96. The molecule has 34 heavy (non-hydrogen) atoms. The number of nitrogens with one attached hydrogen (secondary N) is 3. The first-order valence-electron chi connectivity index (χ1n) is 11.2. The first kappa shape index (κ1) is 30.8. The van der Waals surface area contributed by atoms with Crippen LogP contribution in [0.3, 0.4) is 0 Å². The number of carbonyl (C=O) groups is 6. The molecule has 0 radical (unpaired) electrons. The van der Waals surface area contributed by atoms with Crippen LogP contribution in [-0.4, -0.2) is 64.8 Å². The van der Waals surface area contributed by atoms with Crippen molar-refractivity contribution in [3.8, 4) is 0 Å². The summed E-state index contributed by atoms with van der Waals surface area (Å²) in [6, 6.07) is -4.86. The van der Waals surface area contributed by atoms with Gasteiger partial charge in [-0.2, -0.15) is 0 Å². The molecule has 0 spiro atoms. The molecule has 0 saturated carbocycles. The van der Waals surface area contributed by atoms with Gasteiger partial charge in [0.1, 0.15) is 18.1 Å². The number of hydrogen-bond donors (Lipinski definition) is 7. The molecule has 5 unspecified atom stereocenters. The second-order valence-corrected chi connectivity index (χ2v) is 8.74. The van der Waals surface area contributed by atoms with E-state index in [-0.39, 0.29) is 24.7 Å². The molecule has 5 amide bonds. The van der Waals surface area contributed by atoms with E-state index in [9.17, 15) is 33.9 Å². The Morgan fingerprint density at radius 2 is 1.38 bits per heavy atom. The molecule has 13 heteroatoms. The lowest BCUT2D eigenvalue weighted by Crippen LogP contribution is -2.59. The van der Waals surface area contributed by atoms with Crippen LogP contribution in [0.25, 0.3) is 0 Å². The van der Waals surface area contributed by atoms with Gasteiger partial charge in [0.15, 0.2) is 0 Å². The van der Waals surface area contributed by atoms with E-state index < -0.39 is 66.1 Å². The highest BCUT2D eigenvalue weighted by molar-refractivity contribution is 5.95. The van der Waals surface area contributed by atoms with Gasteiger partial charge in [-0.05, 0) is 24.7 Å². The minimum atomic E-state index is -1.63. The monoisotopic (exact) mass is 486 g/mol. The van der Waals surface area contributed by atoms with E-state index in [1.54, 1.807) is 6.92 Å². The fourth-order valence-electron chi connectivity index (χ4n) is 3.07. The first-order chi connectivity index (χ1) is 15.7. The number of rotatable bonds is 16. The zero-order valence-corrected chi connectivity index (χ0v) is 20.1. The van der Waals surface area contributed by atoms with Crippen molar-refractivity contribution >= 4 is 35.5 Å². The van der Waals surface area contributed by atoms with Gasteiger partial charge in [-0.3, -0.25) is 24.0 Å². The van der Waals surface area contributed by atoms with Crippen molar-refractivity contribution in [1.29, 1.82) is 0 Å². The predicted octanol–water partition coefficient (Wildman–Crippen LogP) is -1.91. The number of hydrogen-bond acceptors (Lipinski definition) is 7. The Hall–Kier alpha value is -3.22. The third-order valence-electron chi connectivity index (χ3n) is 5.19. The largest absolute Gasteiger partial charge is 0.480 e. The summed E-state index contributed by atoms with van der Waals surface area (Å²) in [6.45, 7) is 7.33. The Balaban J connectivity index is 5.64. The summed E-state index contributed by atoms with van der Waals surface area (Å²) < 4.78 is 0. The fourth-order valence-corrected chi connectivity index (χ4v) is 3.07. The maximum atomic E-state index is 13.0. The van der Waals surface area contributed by atoms with E-state index in [4.69, 9.17) is 17.2 Å². The third kappa shape index (κ3) is 11.6. The van der Waals surface area contributed by atoms with Gasteiger partial charge in [-0.25, -0.2) is 4.79 Å². The molecule has 0 aliphatic heterocycles. The molecule has 13 nitrogen and oxygen atoms in total. The molecule has 0 heterocycles. The highest BCUT2D eigenvalue weighted by atomic mass is 16.4. The van der Waals surface area contributed by atoms with E-state index in [0.717, 1.165) is 0 Å². The molecule has 0 aliphatic rings. The van der Waals surface area contributed by atoms with Gasteiger partial charge >= 0.3 is 5.97 Å². The Kier molecular flexibility index (Phi) is 13.4. The van der Waals surface area contributed by atoms with E-state index in [1.807, 2.05) is 20.8 Å². The summed E-state index contributed by atoms with van der Waals surface area (Å²) >= 11 is 0. The molecule has 0 fully saturated rings. The third-order valence-corrected chi connectivity index (χ3v) is 5.19. The number of carbonyl (C=O) groups excluding carboxylic acids is 5. The number of carboxylic acid groups (broad SMARTS) is 1. The molecule has 0 bridgehead atoms. The van der Waals surface area contributed by atoms with Gasteiger partial charge in [0.2, 0.25) is 29.5 Å². The molecule has 0 saturated heterocycles. The number of primary amides is 2. The van der Waals surface area contributed by atoms with Crippen LogP contribution in [0.15, 0.2) is 0 Å². The van der Waals surface area contributed by atoms with Gasteiger partial charge in [0.05, 0.1) is 12.5 Å². The van der Waals surface area contributed by atoms with Gasteiger partial charge in [0, 0.05) is 6.42 Å². The Morgan fingerprint density at radius 1 is 0.824 bits per heavy atom. The molecular formula is C21H38N6O7. The molecule has 194 valence electrons. The summed E-state index contributed by atoms with van der Waals surface area (Å²) in [5.74, 6) is -5.58. The Bertz CT molecular complexity index is 758. The Labute approximate surface area is 198 Å². The first-order valence-corrected chi connectivity index (χ1v) is 11.2. The smallest absolute Gasteiger partial charge is 0.326 e. The van der Waals surface area contributed by atoms with Crippen molar-refractivity contribution in [1.82, 2.24) is 16.0 Å². The van der Waals surface area contributed by atoms with Crippen molar-refractivity contribution in [2.75, 3.05) is 0 Å². The van der Waals surface area contributed by atoms with Crippen LogP contribution in [-0.2, 0) is 28.8 Å². The van der Waals surface area contributed by atoms with E-state index in [0.29, 0.717) is 12.8 Å². The zero-order valence-electron chi connectivity index (χ0n) is 20.1. The topological polar surface area (TPSA) is 237 Å². The number of carboxylic acids is 1. The van der Waals surface area contributed by atoms with Crippen LogP contribution in [0.1, 0.15) is 59.8 Å². The average Bonchev–Trinajstić information content (AvgIpc) is 2.72. The van der Waals surface area contributed by atoms with Crippen LogP contribution in [0.5, 0.6) is 0 Å². The van der Waals surface area contributed by atoms with Gasteiger partial charge < -0.3 is 38.3 Å². The van der Waals surface area contributed by atoms with E-state index in [1.165, 1.54) is 0 Å². The second kappa shape index (κ2) is 14.8. The molecular weight excluding hydrogens is 448 g/mol. The van der Waals surface area contributed by atoms with Crippen molar-refractivity contribution in [3.05, 3.63) is 0 Å². The highest BCUT2D eigenvalue weighted by Gasteiger charge is 2.33. The van der Waals surface area contributed by atoms with Gasteiger partial charge in [-0.1, -0.05) is 34.1 Å². The van der Waals surface area contributed by atoms with Crippen LogP contribution >= 0.6 is 0 Å². The Morgan fingerprint density at radius 3 is 1.82 bits per heavy atom. The molecule has 0 aromatic heterocycles. The summed E-state index contributed by atoms with van der Waals surface area (Å²) in [4.78, 5) is 71.9. The van der Waals surface area contributed by atoms with Crippen molar-refractivity contribution in [2.45, 2.75) is 84.0 Å². The highest BCUT2D eigenvalue weighted by Crippen LogP contribution is 2.11. The van der Waals surface area contributed by atoms with E-state index in [2.05, 4.69) is 16.0 Å². The fraction of sp³-hybridized carbons (Fsp3) is 0.714. The van der Waals surface area contributed by atoms with E-state index >= 15 is 0 Å². The molecule has 0 aromatic carbocycles. The molecule has 0 aliphatic carbocycles. The molecule has 5 atom stereocenters. The standard InChI is InChI=1S/C21H38N6O7/c1-5-11(4)17(27-18(30)12(22)8-10(2)3)20(32)25-13(6-7-15(23)28)19(31)26-14(21(33)34)9-16(24)29/h10-14,17H,5-9,22H2,1-4H3,(H2,23,28)(H2,24,29)(H,25,32)(H,26,31)(H,27,30)(H,33,34).